The number of benzene rings is 3. The molecule has 28 heavy (non-hydrogen) atoms. The largest absolute Gasteiger partial charge is 0.301 e. The molecule has 3 aromatic carbocycles. The Morgan fingerprint density at radius 2 is 1.25 bits per heavy atom. The van der Waals surface area contributed by atoms with Crippen molar-refractivity contribution in [2.24, 2.45) is 5.92 Å². The van der Waals surface area contributed by atoms with Gasteiger partial charge in [-0.05, 0) is 44.3 Å². The smallest absolute Gasteiger partial charge is 0.0458 e. The summed E-state index contributed by atoms with van der Waals surface area (Å²) in [5.74, 6) is 0.254. The van der Waals surface area contributed by atoms with Gasteiger partial charge >= 0.3 is 0 Å². The normalized spacial score (nSPS) is 16.6. The fourth-order valence-corrected chi connectivity index (χ4v) is 6.36. The first kappa shape index (κ1) is 18.7. The van der Waals surface area contributed by atoms with Crippen LogP contribution in [0.3, 0.4) is 0 Å². The minimum Gasteiger partial charge on any atom is -0.301 e. The van der Waals surface area contributed by atoms with Gasteiger partial charge in [-0.15, -0.1) is 0 Å². The molecule has 0 spiro atoms. The number of nitrogens with zero attached hydrogens (tertiary/aromatic N) is 1. The first-order valence-corrected chi connectivity index (χ1v) is 10.9. The summed E-state index contributed by atoms with van der Waals surface area (Å²) in [7, 11) is 3.67. The van der Waals surface area contributed by atoms with Crippen LogP contribution in [0.25, 0.3) is 0 Å². The molecule has 1 unspecified atom stereocenters. The van der Waals surface area contributed by atoms with Crippen LogP contribution in [-0.2, 0) is 0 Å². The molecule has 0 aromatic heterocycles. The van der Waals surface area contributed by atoms with Crippen LogP contribution in [-0.4, -0.2) is 19.0 Å². The van der Waals surface area contributed by atoms with Crippen molar-refractivity contribution in [1.82, 2.24) is 4.90 Å². The van der Waals surface area contributed by atoms with Gasteiger partial charge in [-0.3, -0.25) is 0 Å². The van der Waals surface area contributed by atoms with Gasteiger partial charge in [0.2, 0.25) is 0 Å². The predicted octanol–water partition coefficient (Wildman–Crippen LogP) is 5.25. The Morgan fingerprint density at radius 1 is 0.750 bits per heavy atom. The summed E-state index contributed by atoms with van der Waals surface area (Å²) in [5.41, 5.74) is 8.17. The monoisotopic (exact) mass is 381 g/mol. The maximum atomic E-state index is 3.52. The predicted molar refractivity (Wildman–Crippen MR) is 121 cm³/mol. The first-order valence-electron chi connectivity index (χ1n) is 9.59. The Labute approximate surface area is 169 Å². The minimum atomic E-state index is -0.654. The third-order valence-electron chi connectivity index (χ3n) is 5.09. The average molecular weight is 381 g/mol. The lowest BCUT2D eigenvalue weighted by atomic mass is 9.93. The molecule has 2 heteroatoms. The van der Waals surface area contributed by atoms with Gasteiger partial charge in [0.05, 0.1) is 0 Å². The van der Waals surface area contributed by atoms with Crippen molar-refractivity contribution in [2.75, 3.05) is 14.1 Å². The van der Waals surface area contributed by atoms with Crippen LogP contribution in [0.2, 0.25) is 0 Å². The number of hydrogen-bond donors (Lipinski definition) is 0. The Kier molecular flexibility index (Phi) is 5.73. The second kappa shape index (κ2) is 8.57. The summed E-state index contributed by atoms with van der Waals surface area (Å²) in [6, 6.07) is 32.7. The summed E-state index contributed by atoms with van der Waals surface area (Å²) in [6.45, 7) is 0. The second-order valence-corrected chi connectivity index (χ2v) is 9.36. The Hall–Kier alpha value is -2.65. The SMILES string of the molecule is CN(C)[C@H](c1ccccc1)C1C=C=C=C1P(c1ccccc1)c1ccccc1. The van der Waals surface area contributed by atoms with Crippen molar-refractivity contribution in [2.45, 2.75) is 6.04 Å². The molecule has 0 aliphatic heterocycles. The van der Waals surface area contributed by atoms with Crippen LogP contribution in [0.4, 0.5) is 0 Å². The molecule has 0 N–H and O–H groups in total. The van der Waals surface area contributed by atoms with Gasteiger partial charge in [-0.1, -0.05) is 102 Å². The zero-order valence-electron chi connectivity index (χ0n) is 16.3. The molecule has 1 nitrogen and oxygen atoms in total. The zero-order valence-corrected chi connectivity index (χ0v) is 17.2. The van der Waals surface area contributed by atoms with Gasteiger partial charge in [-0.25, -0.2) is 0 Å². The maximum Gasteiger partial charge on any atom is 0.0458 e. The molecule has 4 rings (SSSR count). The van der Waals surface area contributed by atoms with Crippen LogP contribution < -0.4 is 10.6 Å². The quantitative estimate of drug-likeness (QED) is 0.417. The molecular formula is C26H24NP. The molecule has 1 aliphatic carbocycles. The Bertz CT molecular complexity index is 972. The molecule has 3 aromatic rings. The lowest BCUT2D eigenvalue weighted by Gasteiger charge is -2.33. The second-order valence-electron chi connectivity index (χ2n) is 7.17. The van der Waals surface area contributed by atoms with Crippen LogP contribution in [0.1, 0.15) is 11.6 Å². The third kappa shape index (κ3) is 3.81. The summed E-state index contributed by atoms with van der Waals surface area (Å²) in [4.78, 5) is 2.31. The average Bonchev–Trinajstić information content (AvgIpc) is 3.19. The van der Waals surface area contributed by atoms with Crippen molar-refractivity contribution in [3.63, 3.8) is 0 Å². The molecule has 1 aliphatic rings. The highest BCUT2D eigenvalue weighted by atomic mass is 31.1. The Balaban J connectivity index is 1.80. The van der Waals surface area contributed by atoms with Gasteiger partial charge in [0.1, 0.15) is 0 Å². The van der Waals surface area contributed by atoms with E-state index in [-0.39, 0.29) is 12.0 Å². The van der Waals surface area contributed by atoms with Gasteiger partial charge in [0.15, 0.2) is 0 Å². The first-order chi connectivity index (χ1) is 13.8. The molecule has 0 fully saturated rings. The van der Waals surface area contributed by atoms with Crippen molar-refractivity contribution in [1.29, 1.82) is 0 Å². The van der Waals surface area contributed by atoms with Crippen molar-refractivity contribution in [3.8, 4) is 0 Å². The minimum absolute atomic E-state index is 0.254. The molecule has 0 amide bonds. The van der Waals surface area contributed by atoms with E-state index < -0.39 is 7.92 Å². The summed E-state index contributed by atoms with van der Waals surface area (Å²) in [6.07, 6.45) is 2.20. The number of rotatable bonds is 6. The summed E-state index contributed by atoms with van der Waals surface area (Å²) >= 11 is 0. The van der Waals surface area contributed by atoms with E-state index in [1.807, 2.05) is 0 Å². The molecular weight excluding hydrogens is 357 g/mol. The molecule has 138 valence electrons. The van der Waals surface area contributed by atoms with Gasteiger partial charge < -0.3 is 4.90 Å². The van der Waals surface area contributed by atoms with Gasteiger partial charge in [0, 0.05) is 17.3 Å². The highest BCUT2D eigenvalue weighted by Gasteiger charge is 2.33. The fourth-order valence-electron chi connectivity index (χ4n) is 3.87. The van der Waals surface area contributed by atoms with Gasteiger partial charge in [0.25, 0.3) is 0 Å². The van der Waals surface area contributed by atoms with Crippen LogP contribution in [0.15, 0.2) is 114 Å². The topological polar surface area (TPSA) is 3.24 Å². The van der Waals surface area contributed by atoms with E-state index in [1.165, 1.54) is 21.5 Å². The summed E-state index contributed by atoms with van der Waals surface area (Å²) in [5, 5.41) is 4.06. The molecule has 0 saturated carbocycles. The standard InChI is InChI=1S/C26H24NP/c1-27(2)26(21-13-6-3-7-14-21)24-19-12-20-25(24)28(22-15-8-4-9-16-22)23-17-10-5-11-18-23/h3-11,13-19,24,26H,1-2H3/t24?,26-/m1/s1. The van der Waals surface area contributed by atoms with Gasteiger partial charge in [-0.2, -0.15) is 0 Å². The van der Waals surface area contributed by atoms with E-state index in [1.54, 1.807) is 0 Å². The molecule has 0 heterocycles. The highest BCUT2D eigenvalue weighted by molar-refractivity contribution is 7.76. The lowest BCUT2D eigenvalue weighted by Crippen LogP contribution is -2.28. The Morgan fingerprint density at radius 3 is 1.75 bits per heavy atom. The van der Waals surface area contributed by atoms with Crippen LogP contribution >= 0.6 is 7.92 Å². The van der Waals surface area contributed by atoms with E-state index in [4.69, 9.17) is 0 Å². The van der Waals surface area contributed by atoms with E-state index >= 15 is 0 Å². The van der Waals surface area contributed by atoms with E-state index in [0.29, 0.717) is 0 Å². The van der Waals surface area contributed by atoms with Crippen LogP contribution in [0.5, 0.6) is 0 Å². The van der Waals surface area contributed by atoms with Crippen LogP contribution in [0, 0.1) is 5.92 Å². The summed E-state index contributed by atoms with van der Waals surface area (Å²) < 4.78 is 0. The zero-order chi connectivity index (χ0) is 19.3. The van der Waals surface area contributed by atoms with E-state index in [9.17, 15) is 0 Å². The van der Waals surface area contributed by atoms with E-state index in [2.05, 4.69) is 128 Å². The number of hydrogen-bond acceptors (Lipinski definition) is 1. The molecule has 0 saturated heterocycles. The van der Waals surface area contributed by atoms with E-state index in [0.717, 1.165) is 0 Å². The maximum absolute atomic E-state index is 3.52. The third-order valence-corrected chi connectivity index (χ3v) is 7.61. The molecule has 0 bridgehead atoms. The van der Waals surface area contributed by atoms with Crippen molar-refractivity contribution >= 4 is 18.5 Å². The molecule has 2 atom stereocenters. The van der Waals surface area contributed by atoms with Crippen molar-refractivity contribution < 1.29 is 0 Å². The highest BCUT2D eigenvalue weighted by Crippen LogP contribution is 2.51. The fraction of sp³-hybridized carbons (Fsp3) is 0.154. The molecule has 0 radical (unpaired) electrons. The lowest BCUT2D eigenvalue weighted by molar-refractivity contribution is 0.265. The van der Waals surface area contributed by atoms with Crippen molar-refractivity contribution in [3.05, 3.63) is 119 Å².